The fourth-order valence-electron chi connectivity index (χ4n) is 2.67. The largest absolute Gasteiger partial charge is 0.489 e. The molecule has 0 spiro atoms. The molecule has 5 nitrogen and oxygen atoms in total. The third-order valence-electron chi connectivity index (χ3n) is 3.93. The van der Waals surface area contributed by atoms with Crippen molar-refractivity contribution in [2.75, 3.05) is 30.5 Å². The second kappa shape index (κ2) is 7.33. The summed E-state index contributed by atoms with van der Waals surface area (Å²) in [7, 11) is 0. The molecule has 0 aromatic heterocycles. The predicted octanol–water partition coefficient (Wildman–Crippen LogP) is 4.19. The van der Waals surface area contributed by atoms with Gasteiger partial charge in [0, 0.05) is 22.9 Å². The number of hydrogen-bond donors (Lipinski definition) is 2. The Morgan fingerprint density at radius 3 is 2.96 bits per heavy atom. The van der Waals surface area contributed by atoms with Crippen LogP contribution in [-0.4, -0.2) is 31.3 Å². The molecule has 0 saturated heterocycles. The average Bonchev–Trinajstić information content (AvgIpc) is 2.59. The third kappa shape index (κ3) is 4.24. The van der Waals surface area contributed by atoms with Crippen LogP contribution in [-0.2, 0) is 4.74 Å². The Labute approximate surface area is 152 Å². The first-order valence-corrected chi connectivity index (χ1v) is 8.56. The number of hydrogen-bond acceptors (Lipinski definition) is 4. The second-order valence-electron chi connectivity index (χ2n) is 6.29. The SMILES string of the molecule is CCOCC1(C)COc2ccc(C(=O)Nc3cccc(Cl)c3)cc2N1. The quantitative estimate of drug-likeness (QED) is 0.839. The molecule has 0 fully saturated rings. The predicted molar refractivity (Wildman–Crippen MR) is 99.9 cm³/mol. The third-order valence-corrected chi connectivity index (χ3v) is 4.17. The lowest BCUT2D eigenvalue weighted by Gasteiger charge is -2.36. The van der Waals surface area contributed by atoms with Crippen LogP contribution >= 0.6 is 11.6 Å². The van der Waals surface area contributed by atoms with E-state index in [0.717, 1.165) is 11.4 Å². The number of nitrogens with one attached hydrogen (secondary N) is 2. The Balaban J connectivity index is 1.76. The van der Waals surface area contributed by atoms with Crippen molar-refractivity contribution in [2.24, 2.45) is 0 Å². The molecule has 0 radical (unpaired) electrons. The van der Waals surface area contributed by atoms with E-state index >= 15 is 0 Å². The fraction of sp³-hybridized carbons (Fsp3) is 0.316. The molecule has 2 aromatic carbocycles. The van der Waals surface area contributed by atoms with Gasteiger partial charge in [0.05, 0.1) is 17.8 Å². The summed E-state index contributed by atoms with van der Waals surface area (Å²) in [6, 6.07) is 12.4. The summed E-state index contributed by atoms with van der Waals surface area (Å²) in [6.45, 7) is 5.67. The van der Waals surface area contributed by atoms with Gasteiger partial charge < -0.3 is 20.1 Å². The summed E-state index contributed by atoms with van der Waals surface area (Å²) in [5, 5.41) is 6.84. The lowest BCUT2D eigenvalue weighted by atomic mass is 10.0. The summed E-state index contributed by atoms with van der Waals surface area (Å²) >= 11 is 5.95. The molecule has 1 amide bonds. The number of carbonyl (C=O) groups excluding carboxylic acids is 1. The van der Waals surface area contributed by atoms with E-state index in [4.69, 9.17) is 21.1 Å². The number of carbonyl (C=O) groups is 1. The standard InChI is InChI=1S/C19H21ClN2O3/c1-3-24-11-19(2)12-25-17-8-7-13(9-16(17)22-19)18(23)21-15-6-4-5-14(20)10-15/h4-10,22H,3,11-12H2,1-2H3,(H,21,23). The molecule has 1 unspecified atom stereocenters. The van der Waals surface area contributed by atoms with Gasteiger partial charge in [-0.15, -0.1) is 0 Å². The van der Waals surface area contributed by atoms with Crippen LogP contribution < -0.4 is 15.4 Å². The Hall–Kier alpha value is -2.24. The zero-order valence-electron chi connectivity index (χ0n) is 14.3. The van der Waals surface area contributed by atoms with Gasteiger partial charge in [-0.05, 0) is 50.2 Å². The molecule has 1 atom stereocenters. The highest BCUT2D eigenvalue weighted by Gasteiger charge is 2.31. The molecule has 0 aliphatic carbocycles. The molecule has 1 heterocycles. The summed E-state index contributed by atoms with van der Waals surface area (Å²) in [6.07, 6.45) is 0. The van der Waals surface area contributed by atoms with Gasteiger partial charge in [0.2, 0.25) is 0 Å². The molecule has 2 aromatic rings. The smallest absolute Gasteiger partial charge is 0.255 e. The van der Waals surface area contributed by atoms with Gasteiger partial charge in [0.25, 0.3) is 5.91 Å². The highest BCUT2D eigenvalue weighted by Crippen LogP contribution is 2.33. The van der Waals surface area contributed by atoms with Crippen molar-refractivity contribution in [1.82, 2.24) is 0 Å². The summed E-state index contributed by atoms with van der Waals surface area (Å²) in [5.41, 5.74) is 1.65. The van der Waals surface area contributed by atoms with Gasteiger partial charge in [-0.1, -0.05) is 17.7 Å². The first-order valence-electron chi connectivity index (χ1n) is 8.19. The second-order valence-corrected chi connectivity index (χ2v) is 6.72. The van der Waals surface area contributed by atoms with Gasteiger partial charge in [-0.25, -0.2) is 0 Å². The van der Waals surface area contributed by atoms with Crippen LogP contribution in [0, 0.1) is 0 Å². The molecule has 1 aliphatic rings. The minimum Gasteiger partial charge on any atom is -0.489 e. The number of amides is 1. The maximum atomic E-state index is 12.5. The molecular formula is C19H21ClN2O3. The average molecular weight is 361 g/mol. The monoisotopic (exact) mass is 360 g/mol. The van der Waals surface area contributed by atoms with Crippen LogP contribution in [0.2, 0.25) is 5.02 Å². The van der Waals surface area contributed by atoms with Crippen molar-refractivity contribution < 1.29 is 14.3 Å². The van der Waals surface area contributed by atoms with Gasteiger partial charge >= 0.3 is 0 Å². The van der Waals surface area contributed by atoms with Crippen molar-refractivity contribution in [3.8, 4) is 5.75 Å². The Kier molecular flexibility index (Phi) is 5.16. The lowest BCUT2D eigenvalue weighted by molar-refractivity contribution is 0.0808. The molecule has 6 heteroatoms. The van der Waals surface area contributed by atoms with E-state index in [1.807, 2.05) is 13.8 Å². The van der Waals surface area contributed by atoms with Crippen LogP contribution in [0.3, 0.4) is 0 Å². The van der Waals surface area contributed by atoms with Crippen molar-refractivity contribution in [3.63, 3.8) is 0 Å². The van der Waals surface area contributed by atoms with Crippen molar-refractivity contribution in [1.29, 1.82) is 0 Å². The zero-order chi connectivity index (χ0) is 17.9. The summed E-state index contributed by atoms with van der Waals surface area (Å²) in [5.74, 6) is 0.525. The van der Waals surface area contributed by atoms with E-state index in [-0.39, 0.29) is 11.4 Å². The number of halogens is 1. The molecule has 132 valence electrons. The highest BCUT2D eigenvalue weighted by molar-refractivity contribution is 6.31. The molecule has 3 rings (SSSR count). The maximum Gasteiger partial charge on any atom is 0.255 e. The van der Waals surface area contributed by atoms with E-state index in [2.05, 4.69) is 10.6 Å². The molecule has 0 saturated carbocycles. The Morgan fingerprint density at radius 2 is 2.20 bits per heavy atom. The van der Waals surface area contributed by atoms with Crippen LogP contribution in [0.15, 0.2) is 42.5 Å². The molecule has 2 N–H and O–H groups in total. The van der Waals surface area contributed by atoms with Crippen LogP contribution in [0.1, 0.15) is 24.2 Å². The summed E-state index contributed by atoms with van der Waals surface area (Å²) < 4.78 is 11.3. The van der Waals surface area contributed by atoms with Crippen molar-refractivity contribution in [2.45, 2.75) is 19.4 Å². The molecule has 25 heavy (non-hydrogen) atoms. The Morgan fingerprint density at radius 1 is 1.36 bits per heavy atom. The number of anilines is 2. The van der Waals surface area contributed by atoms with E-state index in [9.17, 15) is 4.79 Å². The van der Waals surface area contributed by atoms with E-state index < -0.39 is 0 Å². The minimum atomic E-state index is -0.328. The van der Waals surface area contributed by atoms with Crippen LogP contribution in [0.5, 0.6) is 5.75 Å². The number of rotatable bonds is 5. The van der Waals surface area contributed by atoms with Gasteiger partial charge in [-0.3, -0.25) is 4.79 Å². The minimum absolute atomic E-state index is 0.205. The van der Waals surface area contributed by atoms with Crippen molar-refractivity contribution in [3.05, 3.63) is 53.1 Å². The lowest BCUT2D eigenvalue weighted by Crippen LogP contribution is -2.48. The van der Waals surface area contributed by atoms with Crippen LogP contribution in [0.4, 0.5) is 11.4 Å². The zero-order valence-corrected chi connectivity index (χ0v) is 15.0. The van der Waals surface area contributed by atoms with Crippen LogP contribution in [0.25, 0.3) is 0 Å². The molecule has 1 aliphatic heterocycles. The van der Waals surface area contributed by atoms with E-state index in [1.54, 1.807) is 42.5 Å². The fourth-order valence-corrected chi connectivity index (χ4v) is 2.86. The number of benzene rings is 2. The van der Waals surface area contributed by atoms with Gasteiger partial charge in [-0.2, -0.15) is 0 Å². The Bertz CT molecular complexity index is 781. The highest BCUT2D eigenvalue weighted by atomic mass is 35.5. The van der Waals surface area contributed by atoms with E-state index in [1.165, 1.54) is 0 Å². The number of fused-ring (bicyclic) bond motifs is 1. The van der Waals surface area contributed by atoms with Gasteiger partial charge in [0.15, 0.2) is 0 Å². The topological polar surface area (TPSA) is 59.6 Å². The normalized spacial score (nSPS) is 18.7. The van der Waals surface area contributed by atoms with E-state index in [0.29, 0.717) is 36.1 Å². The van der Waals surface area contributed by atoms with Gasteiger partial charge in [0.1, 0.15) is 12.4 Å². The summed E-state index contributed by atoms with van der Waals surface area (Å²) in [4.78, 5) is 12.5. The molecular weight excluding hydrogens is 340 g/mol. The molecule has 0 bridgehead atoms. The first kappa shape index (κ1) is 17.6. The maximum absolute atomic E-state index is 12.5. The first-order chi connectivity index (χ1) is 12.0. The number of ether oxygens (including phenoxy) is 2. The van der Waals surface area contributed by atoms with Crippen molar-refractivity contribution >= 4 is 28.9 Å².